The molecule has 0 atom stereocenters. The van der Waals surface area contributed by atoms with Crippen molar-refractivity contribution in [1.82, 2.24) is 14.9 Å². The van der Waals surface area contributed by atoms with E-state index < -0.39 is 5.97 Å². The highest BCUT2D eigenvalue weighted by Crippen LogP contribution is 2.20. The molecular formula is C19H22N4O3. The van der Waals surface area contributed by atoms with Gasteiger partial charge >= 0.3 is 5.97 Å². The van der Waals surface area contributed by atoms with Crippen molar-refractivity contribution in [2.75, 3.05) is 25.0 Å². The van der Waals surface area contributed by atoms with Crippen LogP contribution in [0.5, 0.6) is 0 Å². The highest BCUT2D eigenvalue weighted by molar-refractivity contribution is 5.96. The van der Waals surface area contributed by atoms with Crippen molar-refractivity contribution in [3.63, 3.8) is 0 Å². The second kappa shape index (κ2) is 8.42. The average molecular weight is 354 g/mol. The molecule has 0 unspecified atom stereocenters. The zero-order chi connectivity index (χ0) is 18.4. The Morgan fingerprint density at radius 1 is 1.12 bits per heavy atom. The van der Waals surface area contributed by atoms with E-state index in [4.69, 9.17) is 4.74 Å². The lowest BCUT2D eigenvalue weighted by Gasteiger charge is -2.26. The van der Waals surface area contributed by atoms with Crippen LogP contribution in [0.2, 0.25) is 0 Å². The predicted octanol–water partition coefficient (Wildman–Crippen LogP) is 3.02. The summed E-state index contributed by atoms with van der Waals surface area (Å²) in [5, 5.41) is 3.06. The number of benzene rings is 1. The van der Waals surface area contributed by atoms with Crippen LogP contribution in [-0.2, 0) is 4.74 Å². The Morgan fingerprint density at radius 3 is 2.58 bits per heavy atom. The molecule has 2 heterocycles. The van der Waals surface area contributed by atoms with Crippen LogP contribution in [0, 0.1) is 0 Å². The third kappa shape index (κ3) is 4.17. The van der Waals surface area contributed by atoms with Crippen LogP contribution >= 0.6 is 0 Å². The maximum Gasteiger partial charge on any atom is 0.340 e. The lowest BCUT2D eigenvalue weighted by Crippen LogP contribution is -2.36. The Labute approximate surface area is 152 Å². The van der Waals surface area contributed by atoms with Crippen molar-refractivity contribution in [2.24, 2.45) is 0 Å². The molecule has 3 rings (SSSR count). The number of piperidine rings is 1. The second-order valence-electron chi connectivity index (χ2n) is 6.03. The standard InChI is InChI=1S/C19H22N4O3/c1-2-26-19(25)14-8-4-5-9-15(14)22-17-13-20-16(12-21-17)18(24)23-10-6-3-7-11-23/h4-5,8-9,12-13H,2-3,6-7,10-11H2,1H3,(H,21,22). The van der Waals surface area contributed by atoms with E-state index in [9.17, 15) is 9.59 Å². The molecule has 0 spiro atoms. The molecule has 7 nitrogen and oxygen atoms in total. The first-order valence-electron chi connectivity index (χ1n) is 8.83. The topological polar surface area (TPSA) is 84.4 Å². The Morgan fingerprint density at radius 2 is 1.88 bits per heavy atom. The first kappa shape index (κ1) is 17.8. The van der Waals surface area contributed by atoms with Crippen LogP contribution in [0.4, 0.5) is 11.5 Å². The number of para-hydroxylation sites is 1. The number of ether oxygens (including phenoxy) is 1. The monoisotopic (exact) mass is 354 g/mol. The highest BCUT2D eigenvalue weighted by Gasteiger charge is 2.19. The summed E-state index contributed by atoms with van der Waals surface area (Å²) in [5.41, 5.74) is 1.33. The van der Waals surface area contributed by atoms with Crippen LogP contribution in [0.3, 0.4) is 0 Å². The van der Waals surface area contributed by atoms with E-state index in [1.165, 1.54) is 12.4 Å². The SMILES string of the molecule is CCOC(=O)c1ccccc1Nc1cnc(C(=O)N2CCCCC2)cn1. The third-order valence-corrected chi connectivity index (χ3v) is 4.20. The Balaban J connectivity index is 1.72. The van der Waals surface area contributed by atoms with Crippen molar-refractivity contribution in [1.29, 1.82) is 0 Å². The number of anilines is 2. The van der Waals surface area contributed by atoms with Gasteiger partial charge in [-0.3, -0.25) is 4.79 Å². The van der Waals surface area contributed by atoms with Crippen LogP contribution in [0.1, 0.15) is 47.0 Å². The maximum atomic E-state index is 12.4. The summed E-state index contributed by atoms with van der Waals surface area (Å²) < 4.78 is 5.06. The van der Waals surface area contributed by atoms with Gasteiger partial charge < -0.3 is 15.0 Å². The zero-order valence-electron chi connectivity index (χ0n) is 14.8. The molecule has 1 aliphatic heterocycles. The Hall–Kier alpha value is -2.96. The summed E-state index contributed by atoms with van der Waals surface area (Å²) in [6.45, 7) is 3.61. The van der Waals surface area contributed by atoms with Gasteiger partial charge in [0.25, 0.3) is 5.91 Å². The summed E-state index contributed by atoms with van der Waals surface area (Å²) in [5.74, 6) is -0.0342. The normalized spacial score (nSPS) is 14.0. The number of aromatic nitrogens is 2. The number of carbonyl (C=O) groups excluding carboxylic acids is 2. The molecule has 2 aromatic rings. The predicted molar refractivity (Wildman–Crippen MR) is 97.5 cm³/mol. The average Bonchev–Trinajstić information content (AvgIpc) is 2.69. The molecule has 0 saturated carbocycles. The number of esters is 1. The fraction of sp³-hybridized carbons (Fsp3) is 0.368. The number of rotatable bonds is 5. The fourth-order valence-corrected chi connectivity index (χ4v) is 2.88. The molecule has 7 heteroatoms. The summed E-state index contributed by atoms with van der Waals surface area (Å²) in [4.78, 5) is 34.8. The van der Waals surface area contributed by atoms with E-state index in [1.807, 2.05) is 11.0 Å². The molecule has 0 radical (unpaired) electrons. The quantitative estimate of drug-likeness (QED) is 0.831. The van der Waals surface area contributed by atoms with Crippen molar-refractivity contribution in [3.8, 4) is 0 Å². The van der Waals surface area contributed by atoms with E-state index in [1.54, 1.807) is 25.1 Å². The molecule has 1 amide bonds. The Kier molecular flexibility index (Phi) is 5.78. The second-order valence-corrected chi connectivity index (χ2v) is 6.03. The molecule has 136 valence electrons. The molecule has 1 N–H and O–H groups in total. The van der Waals surface area contributed by atoms with E-state index in [0.717, 1.165) is 32.4 Å². The van der Waals surface area contributed by atoms with Gasteiger partial charge in [0.2, 0.25) is 0 Å². The highest BCUT2D eigenvalue weighted by atomic mass is 16.5. The van der Waals surface area contributed by atoms with E-state index >= 15 is 0 Å². The van der Waals surface area contributed by atoms with Crippen molar-refractivity contribution in [3.05, 3.63) is 47.9 Å². The molecule has 1 saturated heterocycles. The molecule has 1 fully saturated rings. The fourth-order valence-electron chi connectivity index (χ4n) is 2.88. The number of nitrogens with zero attached hydrogens (tertiary/aromatic N) is 3. The van der Waals surface area contributed by atoms with E-state index in [-0.39, 0.29) is 5.91 Å². The molecule has 1 aromatic heterocycles. The smallest absolute Gasteiger partial charge is 0.340 e. The molecule has 0 bridgehead atoms. The van der Waals surface area contributed by atoms with Gasteiger partial charge in [0.1, 0.15) is 11.5 Å². The molecule has 26 heavy (non-hydrogen) atoms. The number of likely N-dealkylation sites (tertiary alicyclic amines) is 1. The maximum absolute atomic E-state index is 12.4. The minimum absolute atomic E-state index is 0.0873. The van der Waals surface area contributed by atoms with Gasteiger partial charge in [-0.15, -0.1) is 0 Å². The van der Waals surface area contributed by atoms with Crippen LogP contribution in [0.15, 0.2) is 36.7 Å². The Bertz CT molecular complexity index is 771. The molecule has 1 aliphatic rings. The number of amides is 1. The lowest BCUT2D eigenvalue weighted by atomic mass is 10.1. The lowest BCUT2D eigenvalue weighted by molar-refractivity contribution is 0.0527. The summed E-state index contributed by atoms with van der Waals surface area (Å²) in [6.07, 6.45) is 6.19. The number of hydrogen-bond donors (Lipinski definition) is 1. The van der Waals surface area contributed by atoms with Gasteiger partial charge in [0.05, 0.1) is 30.3 Å². The minimum atomic E-state index is -0.402. The summed E-state index contributed by atoms with van der Waals surface area (Å²) >= 11 is 0. The van der Waals surface area contributed by atoms with Gasteiger partial charge in [-0.2, -0.15) is 0 Å². The van der Waals surface area contributed by atoms with Crippen molar-refractivity contribution in [2.45, 2.75) is 26.2 Å². The number of nitrogens with one attached hydrogen (secondary N) is 1. The molecule has 0 aliphatic carbocycles. The zero-order valence-corrected chi connectivity index (χ0v) is 14.8. The number of hydrogen-bond acceptors (Lipinski definition) is 6. The van der Waals surface area contributed by atoms with E-state index in [0.29, 0.717) is 29.4 Å². The van der Waals surface area contributed by atoms with Gasteiger partial charge in [-0.05, 0) is 38.3 Å². The van der Waals surface area contributed by atoms with Crippen LogP contribution in [-0.4, -0.2) is 46.4 Å². The van der Waals surface area contributed by atoms with Gasteiger partial charge in [0, 0.05) is 13.1 Å². The van der Waals surface area contributed by atoms with Crippen molar-refractivity contribution >= 4 is 23.4 Å². The number of carbonyl (C=O) groups is 2. The first-order chi connectivity index (χ1) is 12.7. The molecular weight excluding hydrogens is 332 g/mol. The first-order valence-corrected chi connectivity index (χ1v) is 8.83. The van der Waals surface area contributed by atoms with E-state index in [2.05, 4.69) is 15.3 Å². The van der Waals surface area contributed by atoms with Crippen molar-refractivity contribution < 1.29 is 14.3 Å². The van der Waals surface area contributed by atoms with Crippen LogP contribution < -0.4 is 5.32 Å². The third-order valence-electron chi connectivity index (χ3n) is 4.20. The van der Waals surface area contributed by atoms with Crippen LogP contribution in [0.25, 0.3) is 0 Å². The largest absolute Gasteiger partial charge is 0.462 e. The van der Waals surface area contributed by atoms with Gasteiger partial charge in [-0.25, -0.2) is 14.8 Å². The summed E-state index contributed by atoms with van der Waals surface area (Å²) in [6, 6.07) is 7.03. The van der Waals surface area contributed by atoms with Gasteiger partial charge in [0.15, 0.2) is 0 Å². The van der Waals surface area contributed by atoms with Gasteiger partial charge in [-0.1, -0.05) is 12.1 Å². The summed E-state index contributed by atoms with van der Waals surface area (Å²) in [7, 11) is 0. The minimum Gasteiger partial charge on any atom is -0.462 e. The molecule has 1 aromatic carbocycles.